The number of anilines is 1. The van der Waals surface area contributed by atoms with Crippen LogP contribution in [0.2, 0.25) is 0 Å². The summed E-state index contributed by atoms with van der Waals surface area (Å²) < 4.78 is 0. The SMILES string of the molecule is C=C1C(=O)Cc2ccccc2N1C1CCN(C2CCCCCCC2)CC1. The smallest absolute Gasteiger partial charge is 0.183 e. The van der Waals surface area contributed by atoms with E-state index in [-0.39, 0.29) is 5.78 Å². The van der Waals surface area contributed by atoms with Crippen molar-refractivity contribution in [1.82, 2.24) is 4.90 Å². The summed E-state index contributed by atoms with van der Waals surface area (Å²) in [7, 11) is 0. The number of para-hydroxylation sites is 1. The molecule has 0 amide bonds. The van der Waals surface area contributed by atoms with Crippen LogP contribution in [0.25, 0.3) is 0 Å². The molecule has 0 atom stereocenters. The molecule has 0 N–H and O–H groups in total. The van der Waals surface area contributed by atoms with Crippen molar-refractivity contribution in [2.75, 3.05) is 18.0 Å². The third-order valence-corrected chi connectivity index (χ3v) is 6.67. The third-order valence-electron chi connectivity index (χ3n) is 6.67. The highest BCUT2D eigenvalue weighted by atomic mass is 16.1. The molecular weight excluding hydrogens is 320 g/mol. The fourth-order valence-electron chi connectivity index (χ4n) is 5.18. The zero-order chi connectivity index (χ0) is 17.9. The van der Waals surface area contributed by atoms with Crippen LogP contribution in [0.5, 0.6) is 0 Å². The van der Waals surface area contributed by atoms with E-state index in [1.807, 2.05) is 6.07 Å². The van der Waals surface area contributed by atoms with Crippen molar-refractivity contribution in [3.8, 4) is 0 Å². The Bertz CT molecular complexity index is 652. The lowest BCUT2D eigenvalue weighted by Crippen LogP contribution is -2.50. The van der Waals surface area contributed by atoms with Gasteiger partial charge in [-0.25, -0.2) is 0 Å². The molecule has 140 valence electrons. The average molecular weight is 353 g/mol. The van der Waals surface area contributed by atoms with Gasteiger partial charge in [0.05, 0.1) is 5.70 Å². The molecule has 2 fully saturated rings. The van der Waals surface area contributed by atoms with Crippen LogP contribution in [-0.2, 0) is 11.2 Å². The van der Waals surface area contributed by atoms with Gasteiger partial charge in [-0.05, 0) is 37.3 Å². The molecule has 0 radical (unpaired) electrons. The molecule has 3 aliphatic rings. The van der Waals surface area contributed by atoms with Gasteiger partial charge < -0.3 is 9.80 Å². The van der Waals surface area contributed by atoms with Crippen LogP contribution in [-0.4, -0.2) is 35.9 Å². The maximum atomic E-state index is 12.4. The van der Waals surface area contributed by atoms with Crippen molar-refractivity contribution < 1.29 is 4.79 Å². The Morgan fingerprint density at radius 1 is 0.846 bits per heavy atom. The van der Waals surface area contributed by atoms with E-state index < -0.39 is 0 Å². The van der Waals surface area contributed by atoms with Gasteiger partial charge >= 0.3 is 0 Å². The van der Waals surface area contributed by atoms with E-state index in [2.05, 4.69) is 34.6 Å². The van der Waals surface area contributed by atoms with E-state index in [0.29, 0.717) is 18.2 Å². The van der Waals surface area contributed by atoms with E-state index in [4.69, 9.17) is 0 Å². The minimum Gasteiger partial charge on any atom is -0.336 e. The first kappa shape index (κ1) is 17.8. The van der Waals surface area contributed by atoms with Gasteiger partial charge in [0.1, 0.15) is 0 Å². The molecule has 2 heterocycles. The van der Waals surface area contributed by atoms with Gasteiger partial charge in [-0.15, -0.1) is 0 Å². The van der Waals surface area contributed by atoms with Gasteiger partial charge in [-0.2, -0.15) is 0 Å². The second-order valence-corrected chi connectivity index (χ2v) is 8.31. The molecule has 4 rings (SSSR count). The van der Waals surface area contributed by atoms with E-state index in [9.17, 15) is 4.79 Å². The zero-order valence-electron chi connectivity index (χ0n) is 16.0. The number of likely N-dealkylation sites (tertiary alicyclic amines) is 1. The Morgan fingerprint density at radius 3 is 2.23 bits per heavy atom. The number of rotatable bonds is 2. The molecule has 3 heteroatoms. The highest BCUT2D eigenvalue weighted by Gasteiger charge is 2.34. The molecule has 0 spiro atoms. The molecule has 1 aromatic carbocycles. The second-order valence-electron chi connectivity index (χ2n) is 8.31. The number of hydrogen-bond acceptors (Lipinski definition) is 3. The second kappa shape index (κ2) is 7.96. The summed E-state index contributed by atoms with van der Waals surface area (Å²) in [4.78, 5) is 17.4. The molecular formula is C23H32N2O. The standard InChI is InChI=1S/C23H32N2O/c1-18-23(26)17-19-9-7-8-12-22(19)25(18)21-13-15-24(16-14-21)20-10-5-3-2-4-6-11-20/h7-9,12,20-21H,1-6,10-11,13-17H2. The van der Waals surface area contributed by atoms with Crippen LogP contribution in [0.15, 0.2) is 36.5 Å². The number of ketones is 1. The Labute approximate surface area is 158 Å². The van der Waals surface area contributed by atoms with Crippen LogP contribution in [0.3, 0.4) is 0 Å². The predicted octanol–water partition coefficient (Wildman–Crippen LogP) is 4.71. The predicted molar refractivity (Wildman–Crippen MR) is 107 cm³/mol. The van der Waals surface area contributed by atoms with Crippen molar-refractivity contribution in [3.63, 3.8) is 0 Å². The Hall–Kier alpha value is -1.61. The maximum Gasteiger partial charge on any atom is 0.183 e. The van der Waals surface area contributed by atoms with Crippen molar-refractivity contribution in [2.24, 2.45) is 0 Å². The first-order chi connectivity index (χ1) is 12.7. The lowest BCUT2D eigenvalue weighted by Gasteiger charge is -2.44. The summed E-state index contributed by atoms with van der Waals surface area (Å²) in [6.07, 6.45) is 12.6. The molecule has 1 saturated carbocycles. The molecule has 0 unspecified atom stereocenters. The Morgan fingerprint density at radius 2 is 1.50 bits per heavy atom. The molecule has 2 aliphatic heterocycles. The molecule has 1 aliphatic carbocycles. The molecule has 3 nitrogen and oxygen atoms in total. The molecule has 0 bridgehead atoms. The highest BCUT2D eigenvalue weighted by Crippen LogP contribution is 2.35. The van der Waals surface area contributed by atoms with Crippen molar-refractivity contribution in [2.45, 2.75) is 76.3 Å². The summed E-state index contributed by atoms with van der Waals surface area (Å²) >= 11 is 0. The average Bonchev–Trinajstić information content (AvgIpc) is 2.63. The number of nitrogens with zero attached hydrogens (tertiary/aromatic N) is 2. The van der Waals surface area contributed by atoms with Crippen LogP contribution < -0.4 is 4.90 Å². The lowest BCUT2D eigenvalue weighted by atomic mass is 9.91. The number of fused-ring (bicyclic) bond motifs is 1. The third kappa shape index (κ3) is 3.59. The minimum absolute atomic E-state index is 0.186. The van der Waals surface area contributed by atoms with Crippen molar-refractivity contribution >= 4 is 11.5 Å². The topological polar surface area (TPSA) is 23.6 Å². The Balaban J connectivity index is 1.44. The molecule has 0 aromatic heterocycles. The van der Waals surface area contributed by atoms with Gasteiger partial charge in [0, 0.05) is 37.3 Å². The van der Waals surface area contributed by atoms with Crippen LogP contribution >= 0.6 is 0 Å². The number of carbonyl (C=O) groups excluding carboxylic acids is 1. The van der Waals surface area contributed by atoms with Crippen LogP contribution in [0, 0.1) is 0 Å². The number of Topliss-reactive ketones (excluding diaryl/α,β-unsaturated/α-hetero) is 1. The summed E-state index contributed by atoms with van der Waals surface area (Å²) in [6, 6.07) is 9.57. The summed E-state index contributed by atoms with van der Waals surface area (Å²) in [6.45, 7) is 6.47. The maximum absolute atomic E-state index is 12.4. The van der Waals surface area contributed by atoms with E-state index in [0.717, 1.165) is 37.5 Å². The van der Waals surface area contributed by atoms with Gasteiger partial charge in [0.25, 0.3) is 0 Å². The lowest BCUT2D eigenvalue weighted by molar-refractivity contribution is -0.115. The first-order valence-electron chi connectivity index (χ1n) is 10.6. The van der Waals surface area contributed by atoms with E-state index in [1.165, 1.54) is 50.6 Å². The highest BCUT2D eigenvalue weighted by molar-refractivity contribution is 6.03. The van der Waals surface area contributed by atoms with Gasteiger partial charge in [0.15, 0.2) is 5.78 Å². The molecule has 26 heavy (non-hydrogen) atoms. The molecule has 1 saturated heterocycles. The monoisotopic (exact) mass is 352 g/mol. The number of benzene rings is 1. The van der Waals surface area contributed by atoms with Crippen LogP contribution in [0.4, 0.5) is 5.69 Å². The number of hydrogen-bond donors (Lipinski definition) is 0. The van der Waals surface area contributed by atoms with E-state index >= 15 is 0 Å². The van der Waals surface area contributed by atoms with E-state index in [1.54, 1.807) is 0 Å². The fourth-order valence-corrected chi connectivity index (χ4v) is 5.18. The van der Waals surface area contributed by atoms with Gasteiger partial charge in [0.2, 0.25) is 0 Å². The van der Waals surface area contributed by atoms with Crippen molar-refractivity contribution in [1.29, 1.82) is 0 Å². The fraction of sp³-hybridized carbons (Fsp3) is 0.609. The quantitative estimate of drug-likeness (QED) is 0.720. The minimum atomic E-state index is 0.186. The summed E-state index contributed by atoms with van der Waals surface area (Å²) in [5.41, 5.74) is 3.07. The number of allylic oxidation sites excluding steroid dienone is 1. The van der Waals surface area contributed by atoms with Crippen molar-refractivity contribution in [3.05, 3.63) is 42.1 Å². The number of carbonyl (C=O) groups is 1. The largest absolute Gasteiger partial charge is 0.336 e. The summed E-state index contributed by atoms with van der Waals surface area (Å²) in [5.74, 6) is 0.186. The molecule has 1 aromatic rings. The summed E-state index contributed by atoms with van der Waals surface area (Å²) in [5, 5.41) is 0. The first-order valence-corrected chi connectivity index (χ1v) is 10.6. The van der Waals surface area contributed by atoms with Crippen LogP contribution in [0.1, 0.15) is 63.4 Å². The normalized spacial score (nSPS) is 24.2. The van der Waals surface area contributed by atoms with Gasteiger partial charge in [-0.1, -0.05) is 56.9 Å². The Kier molecular flexibility index (Phi) is 5.44. The zero-order valence-corrected chi connectivity index (χ0v) is 16.0. The number of piperidine rings is 1. The van der Waals surface area contributed by atoms with Gasteiger partial charge in [-0.3, -0.25) is 4.79 Å².